The van der Waals surface area contributed by atoms with Gasteiger partial charge in [-0.05, 0) is 30.5 Å². The number of nitrogens with zero attached hydrogens (tertiary/aromatic N) is 2. The van der Waals surface area contributed by atoms with E-state index in [0.717, 1.165) is 30.7 Å². The molecule has 21 heavy (non-hydrogen) atoms. The Hall–Kier alpha value is -2.17. The standard InChI is InChI=1S/C16H18FN3O/c1-20-10-9-18-15(20)14(11-5-7-13(17)8-6-11)19-16(21)12-3-2-4-12/h5-10,12,14H,2-4H2,1H3,(H,19,21). The van der Waals surface area contributed by atoms with Crippen LogP contribution in [0, 0.1) is 11.7 Å². The molecule has 1 fully saturated rings. The van der Waals surface area contributed by atoms with Crippen LogP contribution in [-0.4, -0.2) is 15.5 Å². The third-order valence-corrected chi connectivity index (χ3v) is 4.08. The van der Waals surface area contributed by atoms with E-state index in [9.17, 15) is 9.18 Å². The van der Waals surface area contributed by atoms with Gasteiger partial charge in [-0.1, -0.05) is 18.6 Å². The van der Waals surface area contributed by atoms with E-state index in [-0.39, 0.29) is 23.7 Å². The van der Waals surface area contributed by atoms with Crippen molar-refractivity contribution in [3.8, 4) is 0 Å². The molecule has 1 atom stereocenters. The van der Waals surface area contributed by atoms with E-state index in [1.54, 1.807) is 18.3 Å². The molecular weight excluding hydrogens is 269 g/mol. The predicted octanol–water partition coefficient (Wildman–Crippen LogP) is 2.56. The minimum atomic E-state index is -0.348. The second kappa shape index (κ2) is 5.68. The van der Waals surface area contributed by atoms with Gasteiger partial charge in [0, 0.05) is 25.4 Å². The van der Waals surface area contributed by atoms with E-state index in [0.29, 0.717) is 0 Å². The normalized spacial score (nSPS) is 16.3. The number of hydrogen-bond acceptors (Lipinski definition) is 2. The number of aryl methyl sites for hydroxylation is 1. The monoisotopic (exact) mass is 287 g/mol. The van der Waals surface area contributed by atoms with Gasteiger partial charge >= 0.3 is 0 Å². The summed E-state index contributed by atoms with van der Waals surface area (Å²) in [5, 5.41) is 3.05. The molecule has 0 spiro atoms. The predicted molar refractivity (Wildman–Crippen MR) is 76.9 cm³/mol. The molecule has 1 aromatic carbocycles. The summed E-state index contributed by atoms with van der Waals surface area (Å²) in [5.74, 6) is 0.615. The Morgan fingerprint density at radius 2 is 2.10 bits per heavy atom. The first-order chi connectivity index (χ1) is 10.1. The van der Waals surface area contributed by atoms with E-state index in [2.05, 4.69) is 10.3 Å². The summed E-state index contributed by atoms with van der Waals surface area (Å²) in [6, 6.07) is 5.84. The zero-order valence-corrected chi connectivity index (χ0v) is 11.9. The Bertz CT molecular complexity index is 631. The number of aromatic nitrogens is 2. The number of imidazole rings is 1. The van der Waals surface area contributed by atoms with Crippen molar-refractivity contribution in [1.29, 1.82) is 0 Å². The molecule has 3 rings (SSSR count). The van der Waals surface area contributed by atoms with Crippen LogP contribution in [0.3, 0.4) is 0 Å². The first-order valence-corrected chi connectivity index (χ1v) is 7.18. The second-order valence-electron chi connectivity index (χ2n) is 5.52. The molecule has 1 N–H and O–H groups in total. The minimum Gasteiger partial charge on any atom is -0.342 e. The topological polar surface area (TPSA) is 46.9 Å². The molecule has 1 unspecified atom stereocenters. The van der Waals surface area contributed by atoms with Crippen LogP contribution in [0.25, 0.3) is 0 Å². The van der Waals surface area contributed by atoms with Gasteiger partial charge in [0.25, 0.3) is 0 Å². The molecule has 0 saturated heterocycles. The zero-order chi connectivity index (χ0) is 14.8. The van der Waals surface area contributed by atoms with Crippen LogP contribution in [0.1, 0.15) is 36.7 Å². The van der Waals surface area contributed by atoms with Crippen LogP contribution in [0.5, 0.6) is 0 Å². The van der Waals surface area contributed by atoms with Gasteiger partial charge in [-0.2, -0.15) is 0 Å². The number of hydrogen-bond donors (Lipinski definition) is 1. The number of amides is 1. The fourth-order valence-electron chi connectivity index (χ4n) is 2.54. The number of halogens is 1. The van der Waals surface area contributed by atoms with Gasteiger partial charge in [-0.15, -0.1) is 0 Å². The second-order valence-corrected chi connectivity index (χ2v) is 5.52. The van der Waals surface area contributed by atoms with Crippen LogP contribution >= 0.6 is 0 Å². The van der Waals surface area contributed by atoms with Crippen LogP contribution < -0.4 is 5.32 Å². The molecule has 2 aromatic rings. The average Bonchev–Trinajstić information content (AvgIpc) is 2.81. The summed E-state index contributed by atoms with van der Waals surface area (Å²) in [4.78, 5) is 16.6. The molecule has 1 amide bonds. The Morgan fingerprint density at radius 3 is 2.62 bits per heavy atom. The quantitative estimate of drug-likeness (QED) is 0.939. The average molecular weight is 287 g/mol. The molecule has 1 aromatic heterocycles. The number of rotatable bonds is 4. The van der Waals surface area contributed by atoms with Crippen molar-refractivity contribution >= 4 is 5.91 Å². The Balaban J connectivity index is 1.89. The van der Waals surface area contributed by atoms with Gasteiger partial charge in [-0.25, -0.2) is 9.37 Å². The third kappa shape index (κ3) is 2.82. The SMILES string of the molecule is Cn1ccnc1C(NC(=O)C1CCC1)c1ccc(F)cc1. The fourth-order valence-corrected chi connectivity index (χ4v) is 2.54. The lowest BCUT2D eigenvalue weighted by molar-refractivity contribution is -0.127. The molecule has 110 valence electrons. The lowest BCUT2D eigenvalue weighted by Crippen LogP contribution is -2.38. The molecule has 1 heterocycles. The molecule has 0 bridgehead atoms. The summed E-state index contributed by atoms with van der Waals surface area (Å²) in [7, 11) is 1.88. The highest BCUT2D eigenvalue weighted by atomic mass is 19.1. The van der Waals surface area contributed by atoms with Gasteiger partial charge in [-0.3, -0.25) is 4.79 Å². The van der Waals surface area contributed by atoms with E-state index < -0.39 is 0 Å². The number of nitrogens with one attached hydrogen (secondary N) is 1. The molecule has 0 aliphatic heterocycles. The molecule has 1 aliphatic rings. The van der Waals surface area contributed by atoms with E-state index in [4.69, 9.17) is 0 Å². The van der Waals surface area contributed by atoms with Gasteiger partial charge in [0.1, 0.15) is 17.7 Å². The van der Waals surface area contributed by atoms with Crippen molar-refractivity contribution in [2.75, 3.05) is 0 Å². The molecule has 1 aliphatic carbocycles. The molecular formula is C16H18FN3O. The Kier molecular flexibility index (Phi) is 3.73. The number of benzene rings is 1. The summed E-state index contributed by atoms with van der Waals surface area (Å²) in [6.45, 7) is 0. The largest absolute Gasteiger partial charge is 0.342 e. The van der Waals surface area contributed by atoms with Gasteiger partial charge in [0.15, 0.2) is 0 Å². The molecule has 5 heteroatoms. The van der Waals surface area contributed by atoms with E-state index in [1.165, 1.54) is 12.1 Å². The molecule has 1 saturated carbocycles. The molecule has 4 nitrogen and oxygen atoms in total. The maximum atomic E-state index is 13.1. The van der Waals surface area contributed by atoms with Crippen molar-refractivity contribution in [2.24, 2.45) is 13.0 Å². The maximum Gasteiger partial charge on any atom is 0.223 e. The lowest BCUT2D eigenvalue weighted by Gasteiger charge is -2.27. The van der Waals surface area contributed by atoms with Crippen molar-refractivity contribution in [1.82, 2.24) is 14.9 Å². The van der Waals surface area contributed by atoms with Crippen LogP contribution in [-0.2, 0) is 11.8 Å². The van der Waals surface area contributed by atoms with Crippen LogP contribution in [0.4, 0.5) is 4.39 Å². The highest BCUT2D eigenvalue weighted by molar-refractivity contribution is 5.80. The number of carbonyl (C=O) groups is 1. The van der Waals surface area contributed by atoms with Crippen molar-refractivity contribution < 1.29 is 9.18 Å². The van der Waals surface area contributed by atoms with Crippen molar-refractivity contribution in [3.63, 3.8) is 0 Å². The zero-order valence-electron chi connectivity index (χ0n) is 11.9. The van der Waals surface area contributed by atoms with E-state index in [1.807, 2.05) is 17.8 Å². The van der Waals surface area contributed by atoms with Crippen molar-refractivity contribution in [3.05, 3.63) is 53.9 Å². The maximum absolute atomic E-state index is 13.1. The highest BCUT2D eigenvalue weighted by Gasteiger charge is 2.29. The Labute approximate surface area is 123 Å². The smallest absolute Gasteiger partial charge is 0.223 e. The van der Waals surface area contributed by atoms with Crippen LogP contribution in [0.15, 0.2) is 36.7 Å². The van der Waals surface area contributed by atoms with Crippen molar-refractivity contribution in [2.45, 2.75) is 25.3 Å². The first kappa shape index (κ1) is 13.8. The summed E-state index contributed by atoms with van der Waals surface area (Å²) in [6.07, 6.45) is 6.54. The number of carbonyl (C=O) groups excluding carboxylic acids is 1. The minimum absolute atomic E-state index is 0.0542. The van der Waals surface area contributed by atoms with Gasteiger partial charge in [0.05, 0.1) is 0 Å². The third-order valence-electron chi connectivity index (χ3n) is 4.08. The van der Waals surface area contributed by atoms with Gasteiger partial charge in [0.2, 0.25) is 5.91 Å². The van der Waals surface area contributed by atoms with Gasteiger partial charge < -0.3 is 9.88 Å². The summed E-state index contributed by atoms with van der Waals surface area (Å²) in [5.41, 5.74) is 0.832. The van der Waals surface area contributed by atoms with Crippen LogP contribution in [0.2, 0.25) is 0 Å². The fraction of sp³-hybridized carbons (Fsp3) is 0.375. The summed E-state index contributed by atoms with van der Waals surface area (Å²) >= 11 is 0. The van der Waals surface area contributed by atoms with E-state index >= 15 is 0 Å². The first-order valence-electron chi connectivity index (χ1n) is 7.18. The lowest BCUT2D eigenvalue weighted by atomic mass is 9.84. The molecule has 0 radical (unpaired) electrons. The highest BCUT2D eigenvalue weighted by Crippen LogP contribution is 2.28. The summed E-state index contributed by atoms with van der Waals surface area (Å²) < 4.78 is 15.0. The Morgan fingerprint density at radius 1 is 1.38 bits per heavy atom.